The van der Waals surface area contributed by atoms with Crippen molar-refractivity contribution in [1.82, 2.24) is 5.32 Å². The van der Waals surface area contributed by atoms with Crippen molar-refractivity contribution in [1.29, 1.82) is 5.26 Å². The van der Waals surface area contributed by atoms with Crippen molar-refractivity contribution in [2.24, 2.45) is 5.92 Å². The topological polar surface area (TPSA) is 80.2 Å². The molecule has 2 fully saturated rings. The van der Waals surface area contributed by atoms with Gasteiger partial charge in [-0.15, -0.1) is 0 Å². The van der Waals surface area contributed by atoms with E-state index in [2.05, 4.69) is 11.4 Å². The second kappa shape index (κ2) is 9.26. The number of nitrogens with one attached hydrogen (secondary N) is 3. The summed E-state index contributed by atoms with van der Waals surface area (Å²) in [5, 5.41) is 12.4. The van der Waals surface area contributed by atoms with E-state index in [4.69, 9.17) is 9.47 Å². The highest BCUT2D eigenvalue weighted by molar-refractivity contribution is 5.78. The maximum absolute atomic E-state index is 12.4. The highest BCUT2D eigenvalue weighted by Crippen LogP contribution is 2.39. The average Bonchev–Trinajstić information content (AvgIpc) is 3.55. The number of amides is 1. The molecular weight excluding hydrogens is 356 g/mol. The van der Waals surface area contributed by atoms with E-state index in [1.54, 1.807) is 7.11 Å². The van der Waals surface area contributed by atoms with Gasteiger partial charge in [0, 0.05) is 0 Å². The first-order valence-electron chi connectivity index (χ1n) is 10.2. The lowest BCUT2D eigenvalue weighted by atomic mass is 9.98. The second-order valence-electron chi connectivity index (χ2n) is 8.09. The fraction of sp³-hybridized carbons (Fsp3) is 0.619. The normalized spacial score (nSPS) is 23.9. The van der Waals surface area contributed by atoms with E-state index in [-0.39, 0.29) is 5.91 Å². The van der Waals surface area contributed by atoms with Gasteiger partial charge in [-0.3, -0.25) is 4.79 Å². The second-order valence-corrected chi connectivity index (χ2v) is 8.09. The van der Waals surface area contributed by atoms with Crippen LogP contribution in [-0.4, -0.2) is 64.4 Å². The number of nitrogens with zero attached hydrogens (tertiary/aromatic N) is 1. The van der Waals surface area contributed by atoms with Gasteiger partial charge in [-0.05, 0) is 49.9 Å². The molecule has 0 aromatic heterocycles. The first-order chi connectivity index (χ1) is 13.5. The molecule has 1 saturated heterocycles. The molecule has 1 atom stereocenters. The zero-order chi connectivity index (χ0) is 20.0. The Balaban J connectivity index is 1.32. The molecule has 0 spiro atoms. The van der Waals surface area contributed by atoms with Gasteiger partial charge in [0.1, 0.15) is 56.4 Å². The number of methoxy groups -OCH3 is 1. The van der Waals surface area contributed by atoms with E-state index >= 15 is 0 Å². The first-order valence-corrected chi connectivity index (χ1v) is 10.2. The van der Waals surface area contributed by atoms with Crippen molar-refractivity contribution in [3.05, 3.63) is 24.3 Å². The predicted octanol–water partition coefficient (Wildman–Crippen LogP) is -1.33. The zero-order valence-corrected chi connectivity index (χ0v) is 16.9. The van der Waals surface area contributed by atoms with Crippen LogP contribution in [0.25, 0.3) is 0 Å². The number of quaternary nitrogens is 2. The summed E-state index contributed by atoms with van der Waals surface area (Å²) >= 11 is 0. The molecule has 0 radical (unpaired) electrons. The number of hydrogen-bond donors (Lipinski definition) is 3. The minimum atomic E-state index is -0.692. The quantitative estimate of drug-likeness (QED) is 0.490. The predicted molar refractivity (Wildman–Crippen MR) is 105 cm³/mol. The van der Waals surface area contributed by atoms with Gasteiger partial charge in [-0.2, -0.15) is 5.26 Å². The van der Waals surface area contributed by atoms with Crippen LogP contribution in [0.3, 0.4) is 0 Å². The summed E-state index contributed by atoms with van der Waals surface area (Å²) in [6.45, 7) is 7.96. The molecule has 1 heterocycles. The van der Waals surface area contributed by atoms with E-state index in [0.717, 1.165) is 57.1 Å². The van der Waals surface area contributed by atoms with Crippen LogP contribution in [0.2, 0.25) is 0 Å². The fourth-order valence-corrected chi connectivity index (χ4v) is 3.81. The number of nitriles is 1. The monoisotopic (exact) mass is 388 g/mol. The van der Waals surface area contributed by atoms with Crippen LogP contribution in [0.1, 0.15) is 19.8 Å². The van der Waals surface area contributed by atoms with Gasteiger partial charge in [-0.25, -0.2) is 0 Å². The maximum atomic E-state index is 12.4. The summed E-state index contributed by atoms with van der Waals surface area (Å²) in [5.74, 6) is 2.01. The van der Waals surface area contributed by atoms with E-state index in [9.17, 15) is 10.1 Å². The fourth-order valence-electron chi connectivity index (χ4n) is 3.81. The van der Waals surface area contributed by atoms with Gasteiger partial charge in [0.25, 0.3) is 5.91 Å². The molecule has 152 valence electrons. The first kappa shape index (κ1) is 20.4. The molecule has 1 aliphatic carbocycles. The van der Waals surface area contributed by atoms with Crippen molar-refractivity contribution in [3.63, 3.8) is 0 Å². The van der Waals surface area contributed by atoms with Crippen LogP contribution in [0.15, 0.2) is 24.3 Å². The van der Waals surface area contributed by atoms with Gasteiger partial charge in [0.05, 0.1) is 13.2 Å². The molecule has 2 aliphatic rings. The van der Waals surface area contributed by atoms with Crippen LogP contribution in [0, 0.1) is 17.2 Å². The molecule has 3 N–H and O–H groups in total. The van der Waals surface area contributed by atoms with Gasteiger partial charge < -0.3 is 24.6 Å². The Morgan fingerprint density at radius 3 is 2.36 bits per heavy atom. The summed E-state index contributed by atoms with van der Waals surface area (Å²) in [5.41, 5.74) is -0.692. The van der Waals surface area contributed by atoms with Crippen LogP contribution < -0.4 is 24.6 Å². The molecule has 0 bridgehead atoms. The van der Waals surface area contributed by atoms with E-state index in [0.29, 0.717) is 19.1 Å². The van der Waals surface area contributed by atoms with Crippen molar-refractivity contribution < 1.29 is 24.1 Å². The zero-order valence-electron chi connectivity index (χ0n) is 16.9. The Labute approximate surface area is 167 Å². The molecule has 1 amide bonds. The number of hydrogen-bond acceptors (Lipinski definition) is 4. The lowest BCUT2D eigenvalue weighted by Gasteiger charge is -2.30. The van der Waals surface area contributed by atoms with Crippen molar-refractivity contribution in [3.8, 4) is 17.6 Å². The third-order valence-electron chi connectivity index (χ3n) is 5.88. The molecule has 1 saturated carbocycles. The number of ether oxygens (including phenoxy) is 2. The standard InChI is InChI=1S/C21H30N4O3/c1-21(16-22,17-3-4-17)23-20(26)15-25-11-9-24(10-12-25)13-14-28-19-7-5-18(27-2)6-8-19/h5-8,17H,3-4,9-15H2,1-2H3,(H,23,26)/p+2/t21-/m1/s1. The Bertz CT molecular complexity index is 691. The third-order valence-corrected chi connectivity index (χ3v) is 5.88. The average molecular weight is 389 g/mol. The van der Waals surface area contributed by atoms with Gasteiger partial charge in [0.15, 0.2) is 6.54 Å². The van der Waals surface area contributed by atoms with Crippen LogP contribution in [0.5, 0.6) is 11.5 Å². The lowest BCUT2D eigenvalue weighted by Crippen LogP contribution is -3.28. The molecule has 1 aliphatic heterocycles. The highest BCUT2D eigenvalue weighted by atomic mass is 16.5. The molecule has 28 heavy (non-hydrogen) atoms. The minimum Gasteiger partial charge on any atom is -0.497 e. The van der Waals surface area contributed by atoms with E-state index in [1.807, 2.05) is 31.2 Å². The van der Waals surface area contributed by atoms with Crippen molar-refractivity contribution in [2.45, 2.75) is 25.3 Å². The van der Waals surface area contributed by atoms with Crippen LogP contribution in [-0.2, 0) is 4.79 Å². The van der Waals surface area contributed by atoms with Crippen molar-refractivity contribution >= 4 is 5.91 Å². The minimum absolute atomic E-state index is 0.00256. The molecule has 1 aromatic rings. The summed E-state index contributed by atoms with van der Waals surface area (Å²) < 4.78 is 11.0. The third kappa shape index (κ3) is 5.60. The SMILES string of the molecule is COc1ccc(OCC[NH+]2CC[NH+](CC(=O)N[C@](C)(C#N)C3CC3)CC2)cc1. The summed E-state index contributed by atoms with van der Waals surface area (Å²) in [6, 6.07) is 9.93. The number of carbonyl (C=O) groups is 1. The van der Waals surface area contributed by atoms with Gasteiger partial charge in [0.2, 0.25) is 0 Å². The molecule has 7 nitrogen and oxygen atoms in total. The van der Waals surface area contributed by atoms with Crippen molar-refractivity contribution in [2.75, 3.05) is 53.0 Å². The van der Waals surface area contributed by atoms with E-state index < -0.39 is 5.54 Å². The summed E-state index contributed by atoms with van der Waals surface area (Å²) in [7, 11) is 1.65. The number of rotatable bonds is 9. The molecule has 0 unspecified atom stereocenters. The Morgan fingerprint density at radius 2 is 1.79 bits per heavy atom. The largest absolute Gasteiger partial charge is 0.497 e. The molecular formula is C21H32N4O3+2. The van der Waals surface area contributed by atoms with Gasteiger partial charge >= 0.3 is 0 Å². The smallest absolute Gasteiger partial charge is 0.276 e. The van der Waals surface area contributed by atoms with Crippen LogP contribution in [0.4, 0.5) is 0 Å². The maximum Gasteiger partial charge on any atom is 0.276 e. The van der Waals surface area contributed by atoms with Crippen LogP contribution >= 0.6 is 0 Å². The van der Waals surface area contributed by atoms with Gasteiger partial charge in [-0.1, -0.05) is 0 Å². The highest BCUT2D eigenvalue weighted by Gasteiger charge is 2.43. The number of benzene rings is 1. The number of carbonyl (C=O) groups excluding carboxylic acids is 1. The molecule has 1 aromatic carbocycles. The Kier molecular flexibility index (Phi) is 6.76. The Hall–Kier alpha value is -2.30. The Morgan fingerprint density at radius 1 is 1.18 bits per heavy atom. The summed E-state index contributed by atoms with van der Waals surface area (Å²) in [4.78, 5) is 15.2. The molecule has 3 rings (SSSR count). The molecule has 7 heteroatoms. The van der Waals surface area contributed by atoms with E-state index in [1.165, 1.54) is 9.80 Å². The lowest BCUT2D eigenvalue weighted by molar-refractivity contribution is -1.01. The summed E-state index contributed by atoms with van der Waals surface area (Å²) in [6.07, 6.45) is 2.08. The number of piperazine rings is 1.